The van der Waals surface area contributed by atoms with Crippen LogP contribution in [0.2, 0.25) is 15.1 Å². The van der Waals surface area contributed by atoms with Crippen LogP contribution in [-0.4, -0.2) is 18.3 Å². The van der Waals surface area contributed by atoms with E-state index in [1.807, 2.05) is 0 Å². The Morgan fingerprint density at radius 3 is 2.29 bits per heavy atom. The molecule has 0 radical (unpaired) electrons. The SMILES string of the molecule is O=C(Nc1cccc(OCC(=O)c2ccc(Cl)cc2Cl)c1)c1ccc(Cl)cc1. The zero-order valence-electron chi connectivity index (χ0n) is 14.4. The summed E-state index contributed by atoms with van der Waals surface area (Å²) in [5.41, 5.74) is 1.34. The zero-order chi connectivity index (χ0) is 20.1. The first-order valence-corrected chi connectivity index (χ1v) is 9.34. The number of anilines is 1. The molecule has 3 aromatic rings. The van der Waals surface area contributed by atoms with Crippen LogP contribution in [0, 0.1) is 0 Å². The molecule has 0 heterocycles. The Hall–Kier alpha value is -2.53. The van der Waals surface area contributed by atoms with Gasteiger partial charge in [0.2, 0.25) is 5.78 Å². The summed E-state index contributed by atoms with van der Waals surface area (Å²) >= 11 is 17.7. The molecule has 0 aliphatic rings. The highest BCUT2D eigenvalue weighted by molar-refractivity contribution is 6.36. The molecule has 142 valence electrons. The minimum atomic E-state index is -0.280. The Balaban J connectivity index is 1.63. The third-order valence-corrected chi connectivity index (χ3v) is 4.60. The molecule has 1 N–H and O–H groups in total. The van der Waals surface area contributed by atoms with E-state index in [0.29, 0.717) is 32.6 Å². The Morgan fingerprint density at radius 1 is 0.857 bits per heavy atom. The summed E-state index contributed by atoms with van der Waals surface area (Å²) in [6.45, 7) is -0.198. The normalized spacial score (nSPS) is 10.4. The van der Waals surface area contributed by atoms with E-state index >= 15 is 0 Å². The van der Waals surface area contributed by atoms with Crippen molar-refractivity contribution in [1.29, 1.82) is 0 Å². The largest absolute Gasteiger partial charge is 0.485 e. The van der Waals surface area contributed by atoms with Crippen LogP contribution in [0.4, 0.5) is 5.69 Å². The minimum absolute atomic E-state index is 0.198. The first-order chi connectivity index (χ1) is 13.4. The predicted molar refractivity (Wildman–Crippen MR) is 112 cm³/mol. The summed E-state index contributed by atoms with van der Waals surface area (Å²) in [6, 6.07) is 18.0. The van der Waals surface area contributed by atoms with Gasteiger partial charge < -0.3 is 10.1 Å². The van der Waals surface area contributed by atoms with Gasteiger partial charge in [0.05, 0.1) is 5.02 Å². The number of Topliss-reactive ketones (excluding diaryl/α,β-unsaturated/α-hetero) is 1. The maximum Gasteiger partial charge on any atom is 0.255 e. The van der Waals surface area contributed by atoms with Gasteiger partial charge in [-0.05, 0) is 54.6 Å². The van der Waals surface area contributed by atoms with E-state index in [0.717, 1.165) is 0 Å². The quantitative estimate of drug-likeness (QED) is 0.473. The number of carbonyl (C=O) groups is 2. The molecular formula is C21H14Cl3NO3. The van der Waals surface area contributed by atoms with Crippen molar-refractivity contribution in [2.75, 3.05) is 11.9 Å². The van der Waals surface area contributed by atoms with Crippen LogP contribution in [0.25, 0.3) is 0 Å². The summed E-state index contributed by atoms with van der Waals surface area (Å²) in [5, 5.41) is 4.04. The molecule has 0 aromatic heterocycles. The molecule has 0 atom stereocenters. The van der Waals surface area contributed by atoms with Crippen LogP contribution in [-0.2, 0) is 0 Å². The highest BCUT2D eigenvalue weighted by Gasteiger charge is 2.12. The molecule has 0 aliphatic carbocycles. The second kappa shape index (κ2) is 9.11. The summed E-state index contributed by atoms with van der Waals surface area (Å²) < 4.78 is 5.54. The molecule has 0 bridgehead atoms. The molecule has 3 aromatic carbocycles. The van der Waals surface area contributed by atoms with Crippen LogP contribution >= 0.6 is 34.8 Å². The Kier molecular flexibility index (Phi) is 6.57. The molecule has 0 unspecified atom stereocenters. The molecule has 0 saturated carbocycles. The molecule has 28 heavy (non-hydrogen) atoms. The third-order valence-electron chi connectivity index (χ3n) is 3.80. The molecule has 7 heteroatoms. The molecule has 0 saturated heterocycles. The lowest BCUT2D eigenvalue weighted by molar-refractivity contribution is 0.0921. The lowest BCUT2D eigenvalue weighted by atomic mass is 10.1. The summed E-state index contributed by atoms with van der Waals surface area (Å²) in [5.74, 6) is -0.123. The van der Waals surface area contributed by atoms with Gasteiger partial charge in [0.25, 0.3) is 5.91 Å². The van der Waals surface area contributed by atoms with Gasteiger partial charge >= 0.3 is 0 Å². The predicted octanol–water partition coefficient (Wildman–Crippen LogP) is 6.16. The monoisotopic (exact) mass is 433 g/mol. The van der Waals surface area contributed by atoms with Crippen LogP contribution in [0.3, 0.4) is 0 Å². The number of ether oxygens (including phenoxy) is 1. The highest BCUT2D eigenvalue weighted by atomic mass is 35.5. The summed E-state index contributed by atoms with van der Waals surface area (Å²) in [7, 11) is 0. The van der Waals surface area contributed by atoms with Gasteiger partial charge in [0.1, 0.15) is 5.75 Å². The fourth-order valence-corrected chi connectivity index (χ4v) is 3.05. The van der Waals surface area contributed by atoms with Crippen LogP contribution in [0.5, 0.6) is 5.75 Å². The van der Waals surface area contributed by atoms with Crippen molar-refractivity contribution < 1.29 is 14.3 Å². The van der Waals surface area contributed by atoms with E-state index in [1.165, 1.54) is 6.07 Å². The number of halogens is 3. The van der Waals surface area contributed by atoms with Crippen LogP contribution in [0.15, 0.2) is 66.7 Å². The maximum absolute atomic E-state index is 12.3. The molecule has 0 aliphatic heterocycles. The number of rotatable bonds is 6. The van der Waals surface area contributed by atoms with Crippen molar-refractivity contribution >= 4 is 52.2 Å². The number of hydrogen-bond donors (Lipinski definition) is 1. The summed E-state index contributed by atoms with van der Waals surface area (Å²) in [4.78, 5) is 24.6. The van der Waals surface area contributed by atoms with E-state index in [1.54, 1.807) is 60.7 Å². The fraction of sp³-hybridized carbons (Fsp3) is 0.0476. The second-order valence-electron chi connectivity index (χ2n) is 5.82. The van der Waals surface area contributed by atoms with Crippen molar-refractivity contribution in [3.8, 4) is 5.75 Å². The van der Waals surface area contributed by atoms with Crippen LogP contribution in [0.1, 0.15) is 20.7 Å². The molecule has 0 spiro atoms. The van der Waals surface area contributed by atoms with Gasteiger partial charge in [-0.2, -0.15) is 0 Å². The zero-order valence-corrected chi connectivity index (χ0v) is 16.7. The van der Waals surface area contributed by atoms with Crippen molar-refractivity contribution in [3.63, 3.8) is 0 Å². The van der Waals surface area contributed by atoms with Gasteiger partial charge in [-0.15, -0.1) is 0 Å². The second-order valence-corrected chi connectivity index (χ2v) is 7.10. The lowest BCUT2D eigenvalue weighted by Crippen LogP contribution is -2.13. The van der Waals surface area contributed by atoms with Crippen LogP contribution < -0.4 is 10.1 Å². The van der Waals surface area contributed by atoms with Gasteiger partial charge in [-0.1, -0.05) is 40.9 Å². The standard InChI is InChI=1S/C21H14Cl3NO3/c22-14-6-4-13(5-7-14)21(27)25-16-2-1-3-17(11-16)28-12-20(26)18-9-8-15(23)10-19(18)24/h1-11H,12H2,(H,25,27). The first kappa shape index (κ1) is 20.2. The molecule has 1 amide bonds. The van der Waals surface area contributed by atoms with Gasteiger partial charge in [-0.25, -0.2) is 0 Å². The average Bonchev–Trinajstić information content (AvgIpc) is 2.67. The summed E-state index contributed by atoms with van der Waals surface area (Å²) in [6.07, 6.45) is 0. The van der Waals surface area contributed by atoms with E-state index in [4.69, 9.17) is 39.5 Å². The first-order valence-electron chi connectivity index (χ1n) is 8.20. The lowest BCUT2D eigenvalue weighted by Gasteiger charge is -2.10. The minimum Gasteiger partial charge on any atom is -0.485 e. The molecule has 3 rings (SSSR count). The number of amides is 1. The van der Waals surface area contributed by atoms with Crippen molar-refractivity contribution in [2.45, 2.75) is 0 Å². The number of carbonyl (C=O) groups excluding carboxylic acids is 2. The molecule has 0 fully saturated rings. The van der Waals surface area contributed by atoms with E-state index in [2.05, 4.69) is 5.32 Å². The highest BCUT2D eigenvalue weighted by Crippen LogP contribution is 2.23. The number of ketones is 1. The Labute approximate surface area is 177 Å². The average molecular weight is 435 g/mol. The van der Waals surface area contributed by atoms with E-state index in [-0.39, 0.29) is 23.3 Å². The van der Waals surface area contributed by atoms with Crippen molar-refractivity contribution in [3.05, 3.63) is 92.9 Å². The number of hydrogen-bond acceptors (Lipinski definition) is 3. The van der Waals surface area contributed by atoms with Gasteiger partial charge in [-0.3, -0.25) is 9.59 Å². The van der Waals surface area contributed by atoms with Crippen molar-refractivity contribution in [2.24, 2.45) is 0 Å². The van der Waals surface area contributed by atoms with E-state index in [9.17, 15) is 9.59 Å². The van der Waals surface area contributed by atoms with Gasteiger partial charge in [0, 0.05) is 32.9 Å². The topological polar surface area (TPSA) is 55.4 Å². The number of benzene rings is 3. The van der Waals surface area contributed by atoms with Crippen molar-refractivity contribution in [1.82, 2.24) is 0 Å². The Morgan fingerprint density at radius 2 is 1.57 bits per heavy atom. The van der Waals surface area contributed by atoms with E-state index < -0.39 is 0 Å². The Bertz CT molecular complexity index is 1020. The number of nitrogens with one attached hydrogen (secondary N) is 1. The molecule has 4 nitrogen and oxygen atoms in total. The van der Waals surface area contributed by atoms with Gasteiger partial charge in [0.15, 0.2) is 6.61 Å². The fourth-order valence-electron chi connectivity index (χ4n) is 2.41. The third kappa shape index (κ3) is 5.26. The molecular weight excluding hydrogens is 421 g/mol. The smallest absolute Gasteiger partial charge is 0.255 e. The maximum atomic E-state index is 12.3.